The number of aromatic nitrogens is 1. The van der Waals surface area contributed by atoms with E-state index in [1.807, 2.05) is 35.2 Å². The van der Waals surface area contributed by atoms with E-state index in [-0.39, 0.29) is 23.6 Å². The highest BCUT2D eigenvalue weighted by molar-refractivity contribution is 5.89. The van der Waals surface area contributed by atoms with Gasteiger partial charge in [-0.2, -0.15) is 0 Å². The van der Waals surface area contributed by atoms with E-state index in [2.05, 4.69) is 0 Å². The number of hydrogen-bond donors (Lipinski definition) is 0. The number of amides is 1. The van der Waals surface area contributed by atoms with Crippen LogP contribution in [0.15, 0.2) is 66.7 Å². The summed E-state index contributed by atoms with van der Waals surface area (Å²) in [6.45, 7) is 1.60. The predicted molar refractivity (Wildman–Crippen MR) is 125 cm³/mol. The Kier molecular flexibility index (Phi) is 6.42. The Morgan fingerprint density at radius 2 is 1.74 bits per heavy atom. The summed E-state index contributed by atoms with van der Waals surface area (Å²) in [5.41, 5.74) is 2.48. The number of ether oxygens (including phenoxy) is 1. The van der Waals surface area contributed by atoms with Crippen molar-refractivity contribution >= 4 is 5.91 Å². The zero-order chi connectivity index (χ0) is 23.5. The third-order valence-electron chi connectivity index (χ3n) is 7.09. The Labute approximate surface area is 198 Å². The number of halogens is 2. The van der Waals surface area contributed by atoms with Crippen molar-refractivity contribution in [3.63, 3.8) is 0 Å². The third-order valence-corrected chi connectivity index (χ3v) is 7.09. The molecule has 3 aromatic rings. The number of pyridine rings is 1. The monoisotopic (exact) mass is 462 g/mol. The quantitative estimate of drug-likeness (QED) is 0.513. The Hall–Kier alpha value is -3.12. The second-order valence-electron chi connectivity index (χ2n) is 9.22. The molecule has 0 bridgehead atoms. The highest BCUT2D eigenvalue weighted by atomic mass is 19.1. The lowest BCUT2D eigenvalue weighted by Gasteiger charge is -2.40. The standard InChI is InChI=1S/C28H28F2N2O2/c29-22-7-1-5-20(17-22)18-24-9-3-10-25(31-24)26-11-4-14-32(26)27(33)28(12-15-34-16-13-28)21-6-2-8-23(30)19-21/h1-3,5-10,17,19,26H,4,11-16,18H2/t26-/m1/s1. The molecule has 176 valence electrons. The maximum absolute atomic E-state index is 14.1. The molecule has 0 radical (unpaired) electrons. The Bertz CT molecular complexity index is 1180. The minimum atomic E-state index is -0.790. The Balaban J connectivity index is 1.43. The third kappa shape index (κ3) is 4.47. The van der Waals surface area contributed by atoms with Crippen LogP contribution in [0.4, 0.5) is 8.78 Å². The molecule has 0 aliphatic carbocycles. The van der Waals surface area contributed by atoms with Gasteiger partial charge in [0.25, 0.3) is 0 Å². The van der Waals surface area contributed by atoms with Gasteiger partial charge in [-0.15, -0.1) is 0 Å². The van der Waals surface area contributed by atoms with Crippen LogP contribution in [-0.2, 0) is 21.4 Å². The van der Waals surface area contributed by atoms with Crippen LogP contribution in [0, 0.1) is 11.6 Å². The minimum absolute atomic E-state index is 0.0289. The van der Waals surface area contributed by atoms with Gasteiger partial charge in [0, 0.05) is 31.9 Å². The van der Waals surface area contributed by atoms with Gasteiger partial charge in [-0.3, -0.25) is 9.78 Å². The molecule has 3 heterocycles. The molecule has 2 aliphatic rings. The van der Waals surface area contributed by atoms with Crippen LogP contribution in [0.2, 0.25) is 0 Å². The molecule has 4 nitrogen and oxygen atoms in total. The van der Waals surface area contributed by atoms with Crippen LogP contribution >= 0.6 is 0 Å². The van der Waals surface area contributed by atoms with Crippen molar-refractivity contribution in [1.29, 1.82) is 0 Å². The largest absolute Gasteiger partial charge is 0.381 e. The number of carbonyl (C=O) groups is 1. The van der Waals surface area contributed by atoms with Gasteiger partial charge in [-0.1, -0.05) is 30.3 Å². The number of hydrogen-bond acceptors (Lipinski definition) is 3. The van der Waals surface area contributed by atoms with Crippen LogP contribution in [0.25, 0.3) is 0 Å². The number of nitrogens with zero attached hydrogens (tertiary/aromatic N) is 2. The first-order valence-corrected chi connectivity index (χ1v) is 11.9. The van der Waals surface area contributed by atoms with Crippen LogP contribution in [0.1, 0.15) is 54.2 Å². The fraction of sp³-hybridized carbons (Fsp3) is 0.357. The van der Waals surface area contributed by atoms with Gasteiger partial charge in [0.1, 0.15) is 11.6 Å². The van der Waals surface area contributed by atoms with E-state index < -0.39 is 5.41 Å². The molecule has 5 rings (SSSR count). The molecule has 2 aliphatic heterocycles. The van der Waals surface area contributed by atoms with Crippen molar-refractivity contribution in [3.8, 4) is 0 Å². The van der Waals surface area contributed by atoms with Gasteiger partial charge in [-0.25, -0.2) is 8.78 Å². The van der Waals surface area contributed by atoms with Crippen molar-refractivity contribution < 1.29 is 18.3 Å². The smallest absolute Gasteiger partial charge is 0.233 e. The molecule has 1 amide bonds. The summed E-state index contributed by atoms with van der Waals surface area (Å²) in [5.74, 6) is -0.567. The van der Waals surface area contributed by atoms with Crippen LogP contribution in [0.5, 0.6) is 0 Å². The highest BCUT2D eigenvalue weighted by Crippen LogP contribution is 2.41. The van der Waals surface area contributed by atoms with Gasteiger partial charge < -0.3 is 9.64 Å². The van der Waals surface area contributed by atoms with Crippen molar-refractivity contribution in [2.45, 2.75) is 43.6 Å². The Morgan fingerprint density at radius 1 is 1.00 bits per heavy atom. The van der Waals surface area contributed by atoms with E-state index in [0.29, 0.717) is 39.0 Å². The van der Waals surface area contributed by atoms with E-state index in [9.17, 15) is 13.6 Å². The molecule has 1 atom stereocenters. The summed E-state index contributed by atoms with van der Waals surface area (Å²) in [5, 5.41) is 0. The summed E-state index contributed by atoms with van der Waals surface area (Å²) in [6.07, 6.45) is 3.31. The van der Waals surface area contributed by atoms with E-state index in [0.717, 1.165) is 35.4 Å². The average Bonchev–Trinajstić information content (AvgIpc) is 3.34. The Morgan fingerprint density at radius 3 is 2.50 bits per heavy atom. The summed E-state index contributed by atoms with van der Waals surface area (Å²) in [4.78, 5) is 20.9. The lowest BCUT2D eigenvalue weighted by Crippen LogP contribution is -2.49. The van der Waals surface area contributed by atoms with Gasteiger partial charge in [-0.05, 0) is 73.2 Å². The second kappa shape index (κ2) is 9.63. The summed E-state index contributed by atoms with van der Waals surface area (Å²) >= 11 is 0. The summed E-state index contributed by atoms with van der Waals surface area (Å²) in [6, 6.07) is 18.7. The van der Waals surface area contributed by atoms with Crippen molar-refractivity contribution in [1.82, 2.24) is 9.88 Å². The molecule has 34 heavy (non-hydrogen) atoms. The number of likely N-dealkylation sites (tertiary alicyclic amines) is 1. The minimum Gasteiger partial charge on any atom is -0.381 e. The first-order chi connectivity index (χ1) is 16.5. The van der Waals surface area contributed by atoms with Crippen molar-refractivity contribution in [2.75, 3.05) is 19.8 Å². The molecule has 1 aromatic heterocycles. The van der Waals surface area contributed by atoms with Gasteiger partial charge >= 0.3 is 0 Å². The van der Waals surface area contributed by atoms with E-state index in [1.54, 1.807) is 12.1 Å². The maximum atomic E-state index is 14.1. The topological polar surface area (TPSA) is 42.4 Å². The maximum Gasteiger partial charge on any atom is 0.233 e. The number of benzene rings is 2. The normalized spacial score (nSPS) is 19.8. The van der Waals surface area contributed by atoms with Crippen LogP contribution in [0.3, 0.4) is 0 Å². The van der Waals surface area contributed by atoms with Crippen LogP contribution < -0.4 is 0 Å². The van der Waals surface area contributed by atoms with Gasteiger partial charge in [0.15, 0.2) is 0 Å². The van der Waals surface area contributed by atoms with Gasteiger partial charge in [0.2, 0.25) is 5.91 Å². The molecule has 0 unspecified atom stereocenters. The predicted octanol–water partition coefficient (Wildman–Crippen LogP) is 5.36. The molecule has 6 heteroatoms. The summed E-state index contributed by atoms with van der Waals surface area (Å²) in [7, 11) is 0. The second-order valence-corrected chi connectivity index (χ2v) is 9.22. The molecule has 2 aromatic carbocycles. The fourth-order valence-corrected chi connectivity index (χ4v) is 5.36. The van der Waals surface area contributed by atoms with E-state index in [1.165, 1.54) is 24.3 Å². The zero-order valence-electron chi connectivity index (χ0n) is 19.1. The lowest BCUT2D eigenvalue weighted by atomic mass is 9.72. The van der Waals surface area contributed by atoms with Crippen LogP contribution in [-0.4, -0.2) is 35.5 Å². The van der Waals surface area contributed by atoms with E-state index in [4.69, 9.17) is 9.72 Å². The number of carbonyl (C=O) groups excluding carboxylic acids is 1. The molecular weight excluding hydrogens is 434 g/mol. The molecule has 2 saturated heterocycles. The molecule has 0 N–H and O–H groups in total. The fourth-order valence-electron chi connectivity index (χ4n) is 5.36. The first-order valence-electron chi connectivity index (χ1n) is 11.9. The van der Waals surface area contributed by atoms with Crippen molar-refractivity contribution in [3.05, 3.63) is 101 Å². The zero-order valence-corrected chi connectivity index (χ0v) is 19.1. The molecule has 0 spiro atoms. The first kappa shape index (κ1) is 22.7. The van der Waals surface area contributed by atoms with Crippen molar-refractivity contribution in [2.24, 2.45) is 0 Å². The lowest BCUT2D eigenvalue weighted by molar-refractivity contribution is -0.142. The van der Waals surface area contributed by atoms with Gasteiger partial charge in [0.05, 0.1) is 17.2 Å². The number of rotatable bonds is 5. The average molecular weight is 463 g/mol. The molecule has 0 saturated carbocycles. The summed E-state index contributed by atoms with van der Waals surface area (Å²) < 4.78 is 33.3. The SMILES string of the molecule is O=C(N1CCC[C@@H]1c1cccc(Cc2cccc(F)c2)n1)C1(c2cccc(F)c2)CCOCC1. The molecule has 2 fully saturated rings. The molecular formula is C28H28F2N2O2. The highest BCUT2D eigenvalue weighted by Gasteiger charge is 2.47. The van der Waals surface area contributed by atoms with E-state index >= 15 is 0 Å².